The van der Waals surface area contributed by atoms with E-state index in [1.165, 1.54) is 18.3 Å². The van der Waals surface area contributed by atoms with Gasteiger partial charge in [-0.05, 0) is 12.1 Å². The molecule has 0 aliphatic rings. The Kier molecular flexibility index (Phi) is 3.82. The molecule has 0 atom stereocenters. The summed E-state index contributed by atoms with van der Waals surface area (Å²) in [6.45, 7) is 0. The summed E-state index contributed by atoms with van der Waals surface area (Å²) in [6.07, 6.45) is 1.28. The summed E-state index contributed by atoms with van der Waals surface area (Å²) < 4.78 is 44.9. The lowest BCUT2D eigenvalue weighted by Gasteiger charge is -2.04. The van der Waals surface area contributed by atoms with Crippen LogP contribution in [0.4, 0.5) is 0 Å². The Hall–Kier alpha value is -1.50. The van der Waals surface area contributed by atoms with E-state index in [0.717, 1.165) is 0 Å². The van der Waals surface area contributed by atoms with Gasteiger partial charge in [0.2, 0.25) is 10.0 Å². The van der Waals surface area contributed by atoms with Gasteiger partial charge in [-0.2, -0.15) is 5.26 Å². The van der Waals surface area contributed by atoms with Gasteiger partial charge >= 0.3 is 0 Å². The van der Waals surface area contributed by atoms with Crippen LogP contribution < -0.4 is 5.14 Å². The molecule has 1 aromatic rings. The average molecular weight is 275 g/mol. The van der Waals surface area contributed by atoms with Gasteiger partial charge in [0.25, 0.3) is 0 Å². The Labute approximate surface area is 98.9 Å². The number of nitrogens with zero attached hydrogens (tertiary/aromatic N) is 2. The minimum absolute atomic E-state index is 0.262. The summed E-state index contributed by atoms with van der Waals surface area (Å²) in [5, 5.41) is 13.4. The molecule has 7 nitrogen and oxygen atoms in total. The number of nitriles is 1. The molecular weight excluding hydrogens is 266 g/mol. The number of hydrogen-bond acceptors (Lipinski definition) is 6. The lowest BCUT2D eigenvalue weighted by molar-refractivity contribution is 0.588. The van der Waals surface area contributed by atoms with Gasteiger partial charge in [-0.25, -0.2) is 27.0 Å². The van der Waals surface area contributed by atoms with Crippen molar-refractivity contribution in [2.75, 3.05) is 11.5 Å². The van der Waals surface area contributed by atoms with E-state index < -0.39 is 31.4 Å². The van der Waals surface area contributed by atoms with Crippen molar-refractivity contribution in [3.63, 3.8) is 0 Å². The van der Waals surface area contributed by atoms with Crippen molar-refractivity contribution in [1.29, 1.82) is 5.26 Å². The summed E-state index contributed by atoms with van der Waals surface area (Å²) in [5.41, 5.74) is -0.262. The summed E-state index contributed by atoms with van der Waals surface area (Å²) in [7, 11) is -7.75. The monoisotopic (exact) mass is 275 g/mol. The maximum atomic E-state index is 11.7. The average Bonchev–Trinajstić information content (AvgIpc) is 2.26. The van der Waals surface area contributed by atoms with Crippen molar-refractivity contribution in [3.8, 4) is 6.07 Å². The van der Waals surface area contributed by atoms with Gasteiger partial charge in [0, 0.05) is 6.20 Å². The van der Waals surface area contributed by atoms with Gasteiger partial charge in [-0.1, -0.05) is 0 Å². The van der Waals surface area contributed by atoms with Crippen LogP contribution in [0.3, 0.4) is 0 Å². The van der Waals surface area contributed by atoms with Crippen LogP contribution >= 0.6 is 0 Å². The molecule has 1 rings (SSSR count). The normalized spacial score (nSPS) is 12.0. The van der Waals surface area contributed by atoms with Gasteiger partial charge in [-0.3, -0.25) is 0 Å². The molecule has 0 spiro atoms. The van der Waals surface area contributed by atoms with E-state index >= 15 is 0 Å². The smallest absolute Gasteiger partial charge is 0.210 e. The molecule has 0 fully saturated rings. The lowest BCUT2D eigenvalue weighted by Crippen LogP contribution is -2.23. The summed E-state index contributed by atoms with van der Waals surface area (Å²) in [6, 6.07) is 4.18. The maximum absolute atomic E-state index is 11.7. The summed E-state index contributed by atoms with van der Waals surface area (Å²) in [5.74, 6) is -1.37. The first-order valence-corrected chi connectivity index (χ1v) is 7.71. The molecule has 92 valence electrons. The second-order valence-electron chi connectivity index (χ2n) is 3.15. The van der Waals surface area contributed by atoms with Gasteiger partial charge in [0.15, 0.2) is 15.5 Å². The number of aromatic nitrogens is 1. The van der Waals surface area contributed by atoms with Crippen molar-refractivity contribution in [1.82, 2.24) is 4.98 Å². The molecule has 0 aromatic carbocycles. The van der Waals surface area contributed by atoms with Crippen molar-refractivity contribution < 1.29 is 16.8 Å². The number of sulfonamides is 1. The van der Waals surface area contributed by atoms with Crippen molar-refractivity contribution >= 4 is 19.9 Å². The first-order chi connectivity index (χ1) is 7.76. The SMILES string of the molecule is N#Cc1ncccc1S(=O)(=O)CCS(N)(=O)=O. The number of nitrogens with two attached hydrogens (primary N) is 1. The van der Waals surface area contributed by atoms with Crippen molar-refractivity contribution in [3.05, 3.63) is 24.0 Å². The highest BCUT2D eigenvalue weighted by Gasteiger charge is 2.21. The minimum atomic E-state index is -3.88. The van der Waals surface area contributed by atoms with Crippen LogP contribution in [0.5, 0.6) is 0 Å². The van der Waals surface area contributed by atoms with E-state index in [0.29, 0.717) is 0 Å². The number of rotatable bonds is 4. The van der Waals surface area contributed by atoms with E-state index in [9.17, 15) is 16.8 Å². The van der Waals surface area contributed by atoms with Crippen LogP contribution in [-0.2, 0) is 19.9 Å². The van der Waals surface area contributed by atoms with E-state index in [-0.39, 0.29) is 10.6 Å². The molecule has 1 heterocycles. The molecule has 17 heavy (non-hydrogen) atoms. The lowest BCUT2D eigenvalue weighted by atomic mass is 10.4. The third kappa shape index (κ3) is 3.77. The Bertz CT molecular complexity index is 658. The number of primary sulfonamides is 1. The molecule has 9 heteroatoms. The molecule has 0 unspecified atom stereocenters. The molecule has 1 aromatic heterocycles. The van der Waals surface area contributed by atoms with Gasteiger partial charge in [0.05, 0.1) is 11.5 Å². The molecule has 2 N–H and O–H groups in total. The summed E-state index contributed by atoms with van der Waals surface area (Å²) in [4.78, 5) is 3.30. The Morgan fingerprint density at radius 3 is 2.47 bits per heavy atom. The third-order valence-corrected chi connectivity index (χ3v) is 4.62. The molecular formula is C8H9N3O4S2. The number of pyridine rings is 1. The van der Waals surface area contributed by atoms with Crippen molar-refractivity contribution in [2.24, 2.45) is 5.14 Å². The topological polar surface area (TPSA) is 131 Å². The maximum Gasteiger partial charge on any atom is 0.210 e. The van der Waals surface area contributed by atoms with E-state index in [4.69, 9.17) is 10.4 Å². The first-order valence-electron chi connectivity index (χ1n) is 4.34. The van der Waals surface area contributed by atoms with Crippen LogP contribution in [0.25, 0.3) is 0 Å². The summed E-state index contributed by atoms with van der Waals surface area (Å²) >= 11 is 0. The Balaban J connectivity index is 3.11. The van der Waals surface area contributed by atoms with E-state index in [1.807, 2.05) is 0 Å². The number of sulfone groups is 1. The zero-order valence-corrected chi connectivity index (χ0v) is 10.2. The van der Waals surface area contributed by atoms with E-state index in [2.05, 4.69) is 4.98 Å². The largest absolute Gasteiger partial charge is 0.244 e. The minimum Gasteiger partial charge on any atom is -0.244 e. The third-order valence-electron chi connectivity index (χ3n) is 1.85. The van der Waals surface area contributed by atoms with Crippen molar-refractivity contribution in [2.45, 2.75) is 4.90 Å². The van der Waals surface area contributed by atoms with Crippen LogP contribution in [0.15, 0.2) is 23.2 Å². The number of hydrogen-bond donors (Lipinski definition) is 1. The van der Waals surface area contributed by atoms with Gasteiger partial charge < -0.3 is 0 Å². The second-order valence-corrected chi connectivity index (χ2v) is 6.96. The quantitative estimate of drug-likeness (QED) is 0.751. The highest BCUT2D eigenvalue weighted by atomic mass is 32.2. The molecule has 0 saturated heterocycles. The van der Waals surface area contributed by atoms with Crippen LogP contribution in [0, 0.1) is 11.3 Å². The fourth-order valence-electron chi connectivity index (χ4n) is 1.06. The van der Waals surface area contributed by atoms with Crippen LogP contribution in [-0.4, -0.2) is 33.3 Å². The molecule has 0 radical (unpaired) electrons. The zero-order valence-electron chi connectivity index (χ0n) is 8.57. The molecule has 0 amide bonds. The highest BCUT2D eigenvalue weighted by Crippen LogP contribution is 2.14. The molecule has 0 aliphatic heterocycles. The zero-order chi connectivity index (χ0) is 13.1. The molecule has 0 bridgehead atoms. The van der Waals surface area contributed by atoms with Gasteiger partial charge in [-0.15, -0.1) is 0 Å². The molecule has 0 aliphatic carbocycles. The first kappa shape index (κ1) is 13.6. The Morgan fingerprint density at radius 2 is 1.94 bits per heavy atom. The predicted molar refractivity (Wildman–Crippen MR) is 59.0 cm³/mol. The van der Waals surface area contributed by atoms with Crippen LogP contribution in [0.2, 0.25) is 0 Å². The highest BCUT2D eigenvalue weighted by molar-refractivity contribution is 7.94. The Morgan fingerprint density at radius 1 is 1.29 bits per heavy atom. The second kappa shape index (κ2) is 4.79. The molecule has 0 saturated carbocycles. The van der Waals surface area contributed by atoms with Crippen LogP contribution in [0.1, 0.15) is 5.69 Å². The predicted octanol–water partition coefficient (Wildman–Crippen LogP) is -0.985. The fourth-order valence-corrected chi connectivity index (χ4v) is 3.77. The fraction of sp³-hybridized carbons (Fsp3) is 0.250. The van der Waals surface area contributed by atoms with Gasteiger partial charge in [0.1, 0.15) is 11.0 Å². The standard InChI is InChI=1S/C8H9N3O4S2/c9-6-7-8(2-1-3-11-7)16(12,13)4-5-17(10,14)15/h1-3H,4-5H2,(H2,10,14,15). The van der Waals surface area contributed by atoms with E-state index in [1.54, 1.807) is 6.07 Å².